The van der Waals surface area contributed by atoms with E-state index in [0.29, 0.717) is 6.04 Å². The first-order valence-electron chi connectivity index (χ1n) is 7.45. The van der Waals surface area contributed by atoms with Crippen molar-refractivity contribution < 1.29 is 0 Å². The van der Waals surface area contributed by atoms with Crippen LogP contribution in [0.5, 0.6) is 0 Å². The highest BCUT2D eigenvalue weighted by molar-refractivity contribution is 5.48. The highest BCUT2D eigenvalue weighted by Crippen LogP contribution is 2.21. The van der Waals surface area contributed by atoms with Crippen molar-refractivity contribution in [3.63, 3.8) is 0 Å². The number of benzene rings is 1. The molecule has 0 aliphatic carbocycles. The second-order valence-electron chi connectivity index (χ2n) is 4.84. The molecule has 0 radical (unpaired) electrons. The Bertz CT molecular complexity index is 356. The lowest BCUT2D eigenvalue weighted by Gasteiger charge is -2.24. The van der Waals surface area contributed by atoms with Gasteiger partial charge in [0.25, 0.3) is 0 Å². The fraction of sp³-hybridized carbons (Fsp3) is 0.529. The molecule has 1 unspecified atom stereocenters. The Kier molecular flexibility index (Phi) is 7.27. The molecular formula is C17H28N2. The van der Waals surface area contributed by atoms with Gasteiger partial charge in [-0.15, -0.1) is 6.58 Å². The van der Waals surface area contributed by atoms with Crippen molar-refractivity contribution in [2.45, 2.75) is 39.7 Å². The van der Waals surface area contributed by atoms with Gasteiger partial charge in [-0.25, -0.2) is 0 Å². The Morgan fingerprint density at radius 2 is 1.89 bits per heavy atom. The minimum Gasteiger partial charge on any atom is -0.368 e. The van der Waals surface area contributed by atoms with Crippen molar-refractivity contribution in [3.05, 3.63) is 42.5 Å². The highest BCUT2D eigenvalue weighted by Gasteiger charge is 2.09. The van der Waals surface area contributed by atoms with E-state index in [9.17, 15) is 0 Å². The highest BCUT2D eigenvalue weighted by atomic mass is 15.1. The molecule has 106 valence electrons. The molecule has 0 aliphatic rings. The van der Waals surface area contributed by atoms with E-state index in [1.54, 1.807) is 0 Å². The first kappa shape index (κ1) is 15.8. The van der Waals surface area contributed by atoms with E-state index < -0.39 is 0 Å². The molecule has 0 bridgehead atoms. The molecule has 1 aromatic rings. The van der Waals surface area contributed by atoms with E-state index in [1.807, 2.05) is 6.08 Å². The summed E-state index contributed by atoms with van der Waals surface area (Å²) in [6, 6.07) is 9.43. The summed E-state index contributed by atoms with van der Waals surface area (Å²) in [4.78, 5) is 2.37. The molecule has 0 fully saturated rings. The number of rotatable bonds is 9. The van der Waals surface area contributed by atoms with Gasteiger partial charge in [-0.05, 0) is 37.1 Å². The molecule has 0 aromatic heterocycles. The van der Waals surface area contributed by atoms with Crippen LogP contribution < -0.4 is 10.2 Å². The van der Waals surface area contributed by atoms with Crippen LogP contribution in [-0.2, 0) is 0 Å². The second-order valence-corrected chi connectivity index (χ2v) is 4.84. The van der Waals surface area contributed by atoms with Gasteiger partial charge in [0.1, 0.15) is 0 Å². The lowest BCUT2D eigenvalue weighted by molar-refractivity contribution is 0.537. The van der Waals surface area contributed by atoms with Gasteiger partial charge in [0.2, 0.25) is 0 Å². The van der Waals surface area contributed by atoms with Crippen molar-refractivity contribution in [1.82, 2.24) is 5.32 Å². The van der Waals surface area contributed by atoms with Crippen molar-refractivity contribution >= 4 is 5.69 Å². The van der Waals surface area contributed by atoms with E-state index in [-0.39, 0.29) is 0 Å². The fourth-order valence-corrected chi connectivity index (χ4v) is 2.41. The topological polar surface area (TPSA) is 15.3 Å². The lowest BCUT2D eigenvalue weighted by atomic mass is 10.0. The molecular weight excluding hydrogens is 232 g/mol. The molecule has 1 atom stereocenters. The van der Waals surface area contributed by atoms with Crippen molar-refractivity contribution in [3.8, 4) is 0 Å². The largest absolute Gasteiger partial charge is 0.368 e. The Morgan fingerprint density at radius 1 is 1.21 bits per heavy atom. The van der Waals surface area contributed by atoms with Gasteiger partial charge in [0, 0.05) is 24.8 Å². The van der Waals surface area contributed by atoms with Gasteiger partial charge in [0.15, 0.2) is 0 Å². The van der Waals surface area contributed by atoms with Gasteiger partial charge in [-0.3, -0.25) is 0 Å². The monoisotopic (exact) mass is 260 g/mol. The molecule has 2 nitrogen and oxygen atoms in total. The predicted octanol–water partition coefficient (Wildman–Crippen LogP) is 4.15. The smallest absolute Gasteiger partial charge is 0.0369 e. The molecule has 0 saturated carbocycles. The van der Waals surface area contributed by atoms with E-state index >= 15 is 0 Å². The SMILES string of the molecule is C=CCN(CCC)c1ccc(C(CC)NCC)cc1. The fourth-order valence-electron chi connectivity index (χ4n) is 2.41. The lowest BCUT2D eigenvalue weighted by Crippen LogP contribution is -2.24. The molecule has 0 spiro atoms. The molecule has 0 aliphatic heterocycles. The van der Waals surface area contributed by atoms with Crippen molar-refractivity contribution in [2.24, 2.45) is 0 Å². The third kappa shape index (κ3) is 4.71. The molecule has 0 amide bonds. The first-order chi connectivity index (χ1) is 9.26. The molecule has 1 rings (SSSR count). The normalized spacial score (nSPS) is 12.2. The standard InChI is InChI=1S/C17H28N2/c1-5-13-19(14-6-2)16-11-9-15(10-12-16)17(7-3)18-8-4/h5,9-12,17-18H,1,6-8,13-14H2,2-4H3. The van der Waals surface area contributed by atoms with Crippen molar-refractivity contribution in [2.75, 3.05) is 24.5 Å². The van der Waals surface area contributed by atoms with E-state index in [2.05, 4.69) is 61.8 Å². The van der Waals surface area contributed by atoms with E-state index in [0.717, 1.165) is 32.5 Å². The van der Waals surface area contributed by atoms with Gasteiger partial charge < -0.3 is 10.2 Å². The van der Waals surface area contributed by atoms with Crippen LogP contribution in [0, 0.1) is 0 Å². The van der Waals surface area contributed by atoms with E-state index in [4.69, 9.17) is 0 Å². The average Bonchev–Trinajstić information content (AvgIpc) is 2.45. The van der Waals surface area contributed by atoms with Crippen LogP contribution in [0.1, 0.15) is 45.2 Å². The average molecular weight is 260 g/mol. The summed E-state index contributed by atoms with van der Waals surface area (Å²) in [5.74, 6) is 0. The summed E-state index contributed by atoms with van der Waals surface area (Å²) in [6.07, 6.45) is 4.25. The number of hydrogen-bond acceptors (Lipinski definition) is 2. The third-order valence-electron chi connectivity index (χ3n) is 3.36. The number of nitrogens with one attached hydrogen (secondary N) is 1. The zero-order valence-corrected chi connectivity index (χ0v) is 12.7. The Labute approximate surface area is 118 Å². The molecule has 2 heteroatoms. The molecule has 19 heavy (non-hydrogen) atoms. The van der Waals surface area contributed by atoms with Crippen LogP contribution in [0.3, 0.4) is 0 Å². The molecule has 1 N–H and O–H groups in total. The van der Waals surface area contributed by atoms with Crippen LogP contribution in [-0.4, -0.2) is 19.6 Å². The minimum absolute atomic E-state index is 0.470. The number of anilines is 1. The molecule has 0 heterocycles. The third-order valence-corrected chi connectivity index (χ3v) is 3.36. The second kappa shape index (κ2) is 8.76. The first-order valence-corrected chi connectivity index (χ1v) is 7.45. The Hall–Kier alpha value is -1.28. The van der Waals surface area contributed by atoms with Crippen LogP contribution in [0.15, 0.2) is 36.9 Å². The Balaban J connectivity index is 2.80. The summed E-state index contributed by atoms with van der Waals surface area (Å²) in [5, 5.41) is 3.52. The minimum atomic E-state index is 0.470. The maximum absolute atomic E-state index is 3.84. The summed E-state index contributed by atoms with van der Waals surface area (Å²) in [7, 11) is 0. The Morgan fingerprint density at radius 3 is 2.37 bits per heavy atom. The van der Waals surface area contributed by atoms with Gasteiger partial charge in [-0.2, -0.15) is 0 Å². The summed E-state index contributed by atoms with van der Waals surface area (Å²) in [5.41, 5.74) is 2.67. The van der Waals surface area contributed by atoms with Crippen LogP contribution in [0.2, 0.25) is 0 Å². The van der Waals surface area contributed by atoms with Gasteiger partial charge >= 0.3 is 0 Å². The van der Waals surface area contributed by atoms with Crippen LogP contribution >= 0.6 is 0 Å². The van der Waals surface area contributed by atoms with Crippen LogP contribution in [0.4, 0.5) is 5.69 Å². The zero-order valence-electron chi connectivity index (χ0n) is 12.7. The number of nitrogens with zero attached hydrogens (tertiary/aromatic N) is 1. The molecule has 1 aromatic carbocycles. The van der Waals surface area contributed by atoms with E-state index in [1.165, 1.54) is 11.3 Å². The molecule has 0 saturated heterocycles. The maximum Gasteiger partial charge on any atom is 0.0369 e. The van der Waals surface area contributed by atoms with Crippen LogP contribution in [0.25, 0.3) is 0 Å². The number of hydrogen-bond donors (Lipinski definition) is 1. The zero-order chi connectivity index (χ0) is 14.1. The summed E-state index contributed by atoms with van der Waals surface area (Å²) < 4.78 is 0. The van der Waals surface area contributed by atoms with Crippen molar-refractivity contribution in [1.29, 1.82) is 0 Å². The quantitative estimate of drug-likeness (QED) is 0.671. The summed E-state index contributed by atoms with van der Waals surface area (Å²) in [6.45, 7) is 13.4. The summed E-state index contributed by atoms with van der Waals surface area (Å²) >= 11 is 0. The predicted molar refractivity (Wildman–Crippen MR) is 85.9 cm³/mol. The van der Waals surface area contributed by atoms with Gasteiger partial charge in [-0.1, -0.05) is 39.0 Å². The van der Waals surface area contributed by atoms with Gasteiger partial charge in [0.05, 0.1) is 0 Å². The maximum atomic E-state index is 3.84.